The van der Waals surface area contributed by atoms with Gasteiger partial charge in [-0.05, 0) is 74.2 Å². The van der Waals surface area contributed by atoms with Crippen molar-refractivity contribution in [3.05, 3.63) is 18.0 Å². The van der Waals surface area contributed by atoms with Crippen molar-refractivity contribution in [1.82, 2.24) is 25.3 Å². The third-order valence-corrected chi connectivity index (χ3v) is 8.60. The van der Waals surface area contributed by atoms with Gasteiger partial charge in [0.25, 0.3) is 0 Å². The number of carbonyl (C=O) groups is 3. The minimum Gasteiger partial charge on any atom is -0.353 e. The summed E-state index contributed by atoms with van der Waals surface area (Å²) in [6.45, 7) is 8.71. The minimum absolute atomic E-state index is 0.122. The Balaban J connectivity index is 1.40. The van der Waals surface area contributed by atoms with Gasteiger partial charge in [-0.15, -0.1) is 0 Å². The first-order valence-electron chi connectivity index (χ1n) is 14.1. The average molecular weight is 500 g/mol. The highest BCUT2D eigenvalue weighted by molar-refractivity contribution is 5.78. The molecule has 0 unspecified atom stereocenters. The van der Waals surface area contributed by atoms with Crippen LogP contribution in [0.4, 0.5) is 0 Å². The number of H-pyrrole nitrogens is 1. The minimum atomic E-state index is 0.122. The Labute approximate surface area is 215 Å². The van der Waals surface area contributed by atoms with Crippen molar-refractivity contribution in [3.63, 3.8) is 0 Å². The molecule has 200 valence electrons. The molecule has 2 N–H and O–H groups in total. The van der Waals surface area contributed by atoms with Gasteiger partial charge in [0.15, 0.2) is 0 Å². The Kier molecular flexibility index (Phi) is 9.07. The van der Waals surface area contributed by atoms with E-state index < -0.39 is 0 Å². The zero-order chi connectivity index (χ0) is 25.7. The van der Waals surface area contributed by atoms with Crippen LogP contribution in [-0.4, -0.2) is 69.4 Å². The zero-order valence-corrected chi connectivity index (χ0v) is 22.4. The number of aromatic amines is 1. The number of hydrogen-bond donors (Lipinski definition) is 2. The Morgan fingerprint density at radius 1 is 1.17 bits per heavy atom. The normalized spacial score (nSPS) is 30.2. The van der Waals surface area contributed by atoms with E-state index in [9.17, 15) is 14.4 Å². The van der Waals surface area contributed by atoms with Crippen LogP contribution >= 0.6 is 0 Å². The van der Waals surface area contributed by atoms with Gasteiger partial charge >= 0.3 is 0 Å². The number of aromatic nitrogens is 2. The van der Waals surface area contributed by atoms with Crippen LogP contribution in [0.2, 0.25) is 0 Å². The van der Waals surface area contributed by atoms with E-state index in [0.29, 0.717) is 42.9 Å². The number of nitrogens with one attached hydrogen (secondary N) is 2. The van der Waals surface area contributed by atoms with Gasteiger partial charge in [0.2, 0.25) is 17.7 Å². The smallest absolute Gasteiger partial charge is 0.223 e. The molecule has 0 radical (unpaired) electrons. The van der Waals surface area contributed by atoms with Crippen molar-refractivity contribution >= 4 is 17.7 Å². The number of fused-ring (bicyclic) bond motifs is 4. The third-order valence-electron chi connectivity index (χ3n) is 8.60. The van der Waals surface area contributed by atoms with E-state index in [1.807, 2.05) is 12.4 Å². The van der Waals surface area contributed by atoms with Crippen LogP contribution in [0, 0.1) is 23.7 Å². The van der Waals surface area contributed by atoms with Gasteiger partial charge in [-0.2, -0.15) is 5.10 Å². The summed E-state index contributed by atoms with van der Waals surface area (Å²) in [5.41, 5.74) is 1.13. The lowest BCUT2D eigenvalue weighted by Crippen LogP contribution is -2.60. The van der Waals surface area contributed by atoms with Crippen molar-refractivity contribution < 1.29 is 14.4 Å². The molecule has 36 heavy (non-hydrogen) atoms. The maximum absolute atomic E-state index is 13.5. The van der Waals surface area contributed by atoms with E-state index in [1.165, 1.54) is 0 Å². The highest BCUT2D eigenvalue weighted by atomic mass is 16.2. The fourth-order valence-corrected chi connectivity index (χ4v) is 6.53. The maximum atomic E-state index is 13.5. The predicted octanol–water partition coefficient (Wildman–Crippen LogP) is 3.54. The summed E-state index contributed by atoms with van der Waals surface area (Å²) >= 11 is 0. The molecule has 3 aliphatic rings. The number of carbonyl (C=O) groups excluding carboxylic acids is 3. The highest BCUT2D eigenvalue weighted by Gasteiger charge is 2.43. The molecule has 0 aromatic carbocycles. The molecule has 8 nitrogen and oxygen atoms in total. The Hall–Kier alpha value is -2.38. The number of amides is 3. The molecule has 8 heteroatoms. The van der Waals surface area contributed by atoms with Gasteiger partial charge in [-0.3, -0.25) is 19.5 Å². The van der Waals surface area contributed by atoms with E-state index in [1.54, 1.807) is 0 Å². The lowest BCUT2D eigenvalue weighted by Gasteiger charge is -2.51. The van der Waals surface area contributed by atoms with Gasteiger partial charge in [-0.1, -0.05) is 20.8 Å². The van der Waals surface area contributed by atoms with Gasteiger partial charge in [0.05, 0.1) is 6.20 Å². The summed E-state index contributed by atoms with van der Waals surface area (Å²) < 4.78 is 0. The largest absolute Gasteiger partial charge is 0.353 e. The number of hydrogen-bond acceptors (Lipinski definition) is 4. The van der Waals surface area contributed by atoms with Crippen molar-refractivity contribution in [2.45, 2.75) is 97.1 Å². The molecule has 0 saturated carbocycles. The maximum Gasteiger partial charge on any atom is 0.223 e. The van der Waals surface area contributed by atoms with Gasteiger partial charge < -0.3 is 15.1 Å². The van der Waals surface area contributed by atoms with E-state index in [-0.39, 0.29) is 29.8 Å². The number of rotatable bonds is 5. The summed E-state index contributed by atoms with van der Waals surface area (Å²) in [5.74, 6) is 1.95. The second-order valence-electron chi connectivity index (χ2n) is 11.9. The van der Waals surface area contributed by atoms with Crippen LogP contribution in [0.15, 0.2) is 12.4 Å². The molecular weight excluding hydrogens is 454 g/mol. The molecule has 3 amide bonds. The fourth-order valence-electron chi connectivity index (χ4n) is 6.53. The quantitative estimate of drug-likeness (QED) is 0.647. The number of aryl methyl sites for hydroxylation is 1. The molecule has 3 saturated heterocycles. The lowest BCUT2D eigenvalue weighted by atomic mass is 9.77. The van der Waals surface area contributed by atoms with Crippen LogP contribution in [0.1, 0.15) is 84.1 Å². The summed E-state index contributed by atoms with van der Waals surface area (Å²) in [6.07, 6.45) is 11.6. The van der Waals surface area contributed by atoms with Crippen LogP contribution in [0.5, 0.6) is 0 Å². The van der Waals surface area contributed by atoms with Crippen molar-refractivity contribution in [3.8, 4) is 0 Å². The third kappa shape index (κ3) is 6.88. The molecular formula is C28H45N5O3. The fraction of sp³-hybridized carbons (Fsp3) is 0.786. The number of nitrogens with zero attached hydrogens (tertiary/aromatic N) is 3. The topological polar surface area (TPSA) is 98.4 Å². The molecule has 3 fully saturated rings. The lowest BCUT2D eigenvalue weighted by molar-refractivity contribution is -0.146. The monoisotopic (exact) mass is 499 g/mol. The first-order valence-corrected chi connectivity index (χ1v) is 14.1. The summed E-state index contributed by atoms with van der Waals surface area (Å²) in [5, 5.41) is 10.1. The van der Waals surface area contributed by atoms with Crippen LogP contribution in [-0.2, 0) is 20.8 Å². The standard InChI is InChI=1S/C28H45N5O3/c1-19(2)24-11-10-20(3)12-28(36)33-17-22-13-23(25(33)7-5-8-26(34)31-24)18-32(16-22)27(35)9-4-6-21-14-29-30-15-21/h14-15,19-20,22-25H,4-13,16-18H2,1-3H3,(H,29,30)(H,31,34)/t20-,22+,23+,24+,25+/m1/s1. The summed E-state index contributed by atoms with van der Waals surface area (Å²) in [7, 11) is 0. The number of likely N-dealkylation sites (tertiary alicyclic amines) is 1. The molecule has 4 heterocycles. The van der Waals surface area contributed by atoms with Gasteiger partial charge in [0, 0.05) is 57.2 Å². The summed E-state index contributed by atoms with van der Waals surface area (Å²) in [4.78, 5) is 43.5. The van der Waals surface area contributed by atoms with E-state index in [0.717, 1.165) is 70.1 Å². The van der Waals surface area contributed by atoms with E-state index in [2.05, 4.69) is 46.1 Å². The van der Waals surface area contributed by atoms with Crippen molar-refractivity contribution in [2.75, 3.05) is 19.6 Å². The van der Waals surface area contributed by atoms with Crippen LogP contribution < -0.4 is 5.32 Å². The first-order chi connectivity index (χ1) is 17.3. The van der Waals surface area contributed by atoms with Crippen LogP contribution in [0.25, 0.3) is 0 Å². The van der Waals surface area contributed by atoms with Crippen molar-refractivity contribution in [2.24, 2.45) is 23.7 Å². The Morgan fingerprint density at radius 3 is 2.75 bits per heavy atom. The second-order valence-corrected chi connectivity index (χ2v) is 11.9. The van der Waals surface area contributed by atoms with Gasteiger partial charge in [-0.25, -0.2) is 0 Å². The van der Waals surface area contributed by atoms with Gasteiger partial charge in [0.1, 0.15) is 0 Å². The van der Waals surface area contributed by atoms with E-state index >= 15 is 0 Å². The second kappa shape index (κ2) is 12.2. The Morgan fingerprint density at radius 2 is 2.00 bits per heavy atom. The highest BCUT2D eigenvalue weighted by Crippen LogP contribution is 2.37. The summed E-state index contributed by atoms with van der Waals surface area (Å²) in [6, 6.07) is 0.294. The molecule has 4 rings (SSSR count). The van der Waals surface area contributed by atoms with Crippen LogP contribution in [0.3, 0.4) is 0 Å². The SMILES string of the molecule is CC(C)[C@@H]1CC[C@@H](C)CC(=O)N2C[C@H]3C[C@@H](CN(C(=O)CCCc4cn[nH]c4)C3)[C@@H]2CCCC(=O)N1. The Bertz CT molecular complexity index is 886. The zero-order valence-electron chi connectivity index (χ0n) is 22.4. The molecule has 0 spiro atoms. The molecule has 3 aliphatic heterocycles. The average Bonchev–Trinajstić information content (AvgIpc) is 3.35. The number of piperidine rings is 2. The van der Waals surface area contributed by atoms with E-state index in [4.69, 9.17) is 0 Å². The molecule has 0 aliphatic carbocycles. The molecule has 1 aromatic heterocycles. The first kappa shape index (κ1) is 26.7. The molecule has 1 aromatic rings. The van der Waals surface area contributed by atoms with Crippen molar-refractivity contribution in [1.29, 1.82) is 0 Å². The molecule has 5 atom stereocenters. The predicted molar refractivity (Wildman–Crippen MR) is 139 cm³/mol. The molecule has 2 bridgehead atoms.